The second-order valence-corrected chi connectivity index (χ2v) is 34.3. The molecule has 14 heteroatoms. The molecule has 0 bridgehead atoms. The van der Waals surface area contributed by atoms with E-state index in [2.05, 4.69) is 48.5 Å². The van der Waals surface area contributed by atoms with Gasteiger partial charge in [0, 0.05) is 22.3 Å². The molecular formula is C133H174O14. The molecule has 14 nitrogen and oxygen atoms in total. The molecule has 0 saturated heterocycles. The molecule has 3 unspecified atom stereocenters. The molecule has 14 aromatic carbocycles. The lowest BCUT2D eigenvalue weighted by molar-refractivity contribution is -0.148. The third-order valence-corrected chi connectivity index (χ3v) is 23.1. The van der Waals surface area contributed by atoms with Gasteiger partial charge in [0.25, 0.3) is 0 Å². The van der Waals surface area contributed by atoms with Gasteiger partial charge < -0.3 is 37.9 Å². The second kappa shape index (κ2) is 71.5. The van der Waals surface area contributed by atoms with Gasteiger partial charge in [0.05, 0.1) is 46.5 Å². The highest BCUT2D eigenvalue weighted by atomic mass is 16.6. The monoisotopic (exact) mass is 2000 g/mol. The van der Waals surface area contributed by atoms with Crippen LogP contribution in [0.4, 0.5) is 0 Å². The van der Waals surface area contributed by atoms with E-state index < -0.39 is 16.2 Å². The van der Waals surface area contributed by atoms with Gasteiger partial charge in [-0.1, -0.05) is 455 Å². The van der Waals surface area contributed by atoms with E-state index in [1.807, 2.05) is 383 Å². The Bertz CT molecular complexity index is 5890. The van der Waals surface area contributed by atoms with Crippen molar-refractivity contribution >= 4 is 48.0 Å². The molecule has 0 aliphatic rings. The van der Waals surface area contributed by atoms with Crippen molar-refractivity contribution in [3.05, 3.63) is 400 Å². The molecule has 3 atom stereocenters. The van der Waals surface area contributed by atoms with Crippen LogP contribution < -0.4 is 28.4 Å². The number of rotatable bonds is 30. The first-order valence-corrected chi connectivity index (χ1v) is 46.2. The molecule has 0 spiro atoms. The Morgan fingerprint density at radius 2 is 0.449 bits per heavy atom. The van der Waals surface area contributed by atoms with Crippen molar-refractivity contribution in [1.29, 1.82) is 0 Å². The molecule has 0 amide bonds. The zero-order valence-electron chi connectivity index (χ0n) is 80.3. The van der Waals surface area contributed by atoms with Crippen LogP contribution in [0.3, 0.4) is 0 Å². The van der Waals surface area contributed by atoms with Gasteiger partial charge in [-0.2, -0.15) is 0 Å². The lowest BCUT2D eigenvalue weighted by Crippen LogP contribution is -2.28. The quantitative estimate of drug-likeness (QED) is 0.0236. The summed E-state index contributed by atoms with van der Waals surface area (Å²) < 4.78 is 44.2. The van der Waals surface area contributed by atoms with E-state index >= 15 is 0 Å². The molecule has 14 rings (SSSR count). The van der Waals surface area contributed by atoms with Gasteiger partial charge in [0.15, 0.2) is 0 Å². The molecular weight excluding hydrogens is 1820 g/mol. The maximum Gasteiger partial charge on any atom is 0.316 e. The Morgan fingerprint density at radius 3 is 0.741 bits per heavy atom. The van der Waals surface area contributed by atoms with E-state index in [9.17, 15) is 28.8 Å². The second-order valence-electron chi connectivity index (χ2n) is 34.3. The summed E-state index contributed by atoms with van der Waals surface area (Å²) in [6.45, 7) is 28.9. The van der Waals surface area contributed by atoms with E-state index in [0.29, 0.717) is 34.5 Å². The van der Waals surface area contributed by atoms with Gasteiger partial charge in [0.2, 0.25) is 0 Å². The Balaban J connectivity index is -0.000000823. The van der Waals surface area contributed by atoms with Crippen LogP contribution in [0.1, 0.15) is 243 Å². The topological polar surface area (TPSA) is 176 Å². The lowest BCUT2D eigenvalue weighted by atomic mass is 9.90. The van der Waals surface area contributed by atoms with Gasteiger partial charge in [-0.3, -0.25) is 28.8 Å². The average molecular weight is 2000 g/mol. The van der Waals surface area contributed by atoms with E-state index in [0.717, 1.165) is 106 Å². The number of ether oxygens (including phenoxy) is 8. The first-order valence-electron chi connectivity index (χ1n) is 46.2. The van der Waals surface area contributed by atoms with Crippen molar-refractivity contribution in [3.8, 4) is 113 Å². The van der Waals surface area contributed by atoms with Crippen LogP contribution in [0.2, 0.25) is 0 Å². The number of esters is 6. The third-order valence-electron chi connectivity index (χ3n) is 23.1. The number of carbonyl (C=O) groups is 6. The average Bonchev–Trinajstić information content (AvgIpc) is 0.795. The molecule has 14 aromatic rings. The molecule has 0 aliphatic carbocycles. The van der Waals surface area contributed by atoms with Gasteiger partial charge in [-0.15, -0.1) is 0 Å². The number of hydrogen-bond acceptors (Lipinski definition) is 14. The van der Waals surface area contributed by atoms with Crippen molar-refractivity contribution in [2.45, 2.75) is 232 Å². The fourth-order valence-corrected chi connectivity index (χ4v) is 12.4. The summed E-state index contributed by atoms with van der Waals surface area (Å²) in [5.74, 6) is 3.79. The minimum absolute atomic E-state index is 0. The first kappa shape index (κ1) is 138. The van der Waals surface area contributed by atoms with Crippen molar-refractivity contribution in [1.82, 2.24) is 0 Å². The minimum atomic E-state index is -0.530. The fraction of sp³-hybridized carbons (Fsp3) is 0.293. The molecule has 147 heavy (non-hydrogen) atoms. The zero-order valence-corrected chi connectivity index (χ0v) is 80.3. The van der Waals surface area contributed by atoms with Gasteiger partial charge in [-0.25, -0.2) is 0 Å². The Labute approximate surface area is 887 Å². The van der Waals surface area contributed by atoms with Crippen molar-refractivity contribution in [2.24, 2.45) is 34.0 Å². The summed E-state index contributed by atoms with van der Waals surface area (Å²) >= 11 is 0. The lowest BCUT2D eigenvalue weighted by Gasteiger charge is -2.23. The third kappa shape index (κ3) is 44.2. The highest BCUT2D eigenvalue weighted by Gasteiger charge is 2.31. The Morgan fingerprint density at radius 1 is 0.224 bits per heavy atom. The van der Waals surface area contributed by atoms with Crippen LogP contribution in [0, 0.1) is 34.0 Å². The highest BCUT2D eigenvalue weighted by molar-refractivity contribution is 5.90. The van der Waals surface area contributed by atoms with Crippen LogP contribution >= 0.6 is 0 Å². The summed E-state index contributed by atoms with van der Waals surface area (Å²) in [6, 6.07) is 122. The molecule has 790 valence electrons. The molecule has 0 aromatic heterocycles. The summed E-state index contributed by atoms with van der Waals surface area (Å²) in [5, 5.41) is 0. The summed E-state index contributed by atoms with van der Waals surface area (Å²) in [5.41, 5.74) is 13.1. The van der Waals surface area contributed by atoms with E-state index in [1.165, 1.54) is 34.8 Å². The molecule has 0 aliphatic heterocycles. The van der Waals surface area contributed by atoms with Crippen LogP contribution in [-0.4, -0.2) is 35.8 Å². The Kier molecular flexibility index (Phi) is 67.2. The van der Waals surface area contributed by atoms with E-state index in [-0.39, 0.29) is 143 Å². The van der Waals surface area contributed by atoms with Crippen LogP contribution in [0.25, 0.3) is 78.9 Å². The SMILES string of the molecule is C.C.C.C.C.C.C.C.C.C.C.C.CCC(C)(C)C(=O)O/C=C/c1ccc(-c2ccccc2)cc1.CCC(C)(C)C(=O)Oc1c(-c2ccccc2)cccc1-c1ccccc1.CCC(C)(C)C(=O)Oc1ccc(Oc2ccccc2)cc1.CCC(C)C(=O)O/C=C/c1ccc(-c2ccccc2)cc1.CCC(C)C(=O)Oc1c(-c2ccccc2)cccc1-c1ccccc1.CCC(C)C(=O)Oc1ccc(Oc2ccccc2)cc1. The number of para-hydroxylation sites is 4. The van der Waals surface area contributed by atoms with Crippen molar-refractivity contribution in [2.75, 3.05) is 0 Å². The standard InChI is InChI=1S/C24H24O2.C23H22O2.C20H22O2.C19H20O2.C18H20O3.C17H18O3.12CH4/c1-4-24(2,3)23(25)26-22-20(18-12-7-5-8-13-18)16-11-17-21(22)19-14-9-6-10-15-19;1-3-17(2)23(24)25-22-20(18-11-6-4-7-12-18)15-10-16-21(22)19-13-8-5-9-14-19;1-4-20(2,3)19(21)22-15-14-16-10-12-18(13-11-16)17-8-6-5-7-9-17;1-3-15(2)19(20)21-14-13-16-9-11-18(12-10-16)17-7-5-4-6-8-17;1-4-18(2,3)17(19)21-16-12-10-15(11-13-16)20-14-8-6-5-7-9-14;1-3-13(2)17(18)20-16-11-9-15(10-12-16)19-14-7-5-4-6-8-14;;;;;;;;;;;;/h5-17H,4H2,1-3H3;4-17H,3H2,1-2H3;5-15H,4H2,1-3H3;4-15H,3H2,1-2H3;5-13H,4H2,1-3H3;4-13H,3H2,1-2H3;12*1H4/b;;15-14+;14-13+;;;;;;;;;;;;;;. The maximum atomic E-state index is 12.8. The molecule has 0 heterocycles. The van der Waals surface area contributed by atoms with Gasteiger partial charge in [-0.05, 0) is 221 Å². The van der Waals surface area contributed by atoms with Gasteiger partial charge >= 0.3 is 35.8 Å². The summed E-state index contributed by atoms with van der Waals surface area (Å²) in [4.78, 5) is 72.3. The number of benzene rings is 14. The predicted octanol–water partition coefficient (Wildman–Crippen LogP) is 39.4. The number of carbonyl (C=O) groups excluding carboxylic acids is 6. The normalized spacial score (nSPS) is 10.6. The maximum absolute atomic E-state index is 12.8. The van der Waals surface area contributed by atoms with Crippen LogP contribution in [0.5, 0.6) is 46.0 Å². The smallest absolute Gasteiger partial charge is 0.316 e. The van der Waals surface area contributed by atoms with Crippen molar-refractivity contribution in [3.63, 3.8) is 0 Å². The highest BCUT2D eigenvalue weighted by Crippen LogP contribution is 2.43. The minimum Gasteiger partial charge on any atom is -0.457 e. The zero-order chi connectivity index (χ0) is 97.0. The first-order chi connectivity index (χ1) is 65.2. The van der Waals surface area contributed by atoms with Crippen molar-refractivity contribution < 1.29 is 66.7 Å². The van der Waals surface area contributed by atoms with Crippen LogP contribution in [0.15, 0.2) is 389 Å². The largest absolute Gasteiger partial charge is 0.457 e. The Hall–Kier alpha value is -15.0. The predicted molar refractivity (Wildman–Crippen MR) is 628 cm³/mol. The summed E-state index contributed by atoms with van der Waals surface area (Å²) in [7, 11) is 0. The molecule has 0 fully saturated rings. The molecule has 0 N–H and O–H groups in total. The summed E-state index contributed by atoms with van der Waals surface area (Å²) in [6.07, 6.45) is 11.1. The molecule has 0 saturated carbocycles. The van der Waals surface area contributed by atoms with E-state index in [4.69, 9.17) is 37.9 Å². The fourth-order valence-electron chi connectivity index (χ4n) is 12.4. The van der Waals surface area contributed by atoms with Crippen LogP contribution in [-0.2, 0) is 38.2 Å². The number of hydrogen-bond donors (Lipinski definition) is 0. The van der Waals surface area contributed by atoms with E-state index in [1.54, 1.807) is 60.7 Å². The molecule has 0 radical (unpaired) electrons. The van der Waals surface area contributed by atoms with Gasteiger partial charge in [0.1, 0.15) is 46.0 Å².